The summed E-state index contributed by atoms with van der Waals surface area (Å²) in [5.74, 6) is -2.46. The average Bonchev–Trinajstić information content (AvgIpc) is 3.74. The summed E-state index contributed by atoms with van der Waals surface area (Å²) in [6, 6.07) is 8.40. The minimum absolute atomic E-state index is 0.0470. The Morgan fingerprint density at radius 3 is 2.16 bits per heavy atom. The second kappa shape index (κ2) is 16.5. The molecule has 2 aliphatic rings. The molecule has 56 heavy (non-hydrogen) atoms. The SMILES string of the molecule is Cc1ncsc1-c1ccc([C@H](C)NC(=O)[C@@H]2C[C@@H](OC3CC(NC(=O)c4ccc(C(C)(C)C)cn4)C(=O)NC3=O)CN2C(=O)[C@@H](NC(C)(C)C)C(C)(C)C)cc1. The second-order valence-corrected chi connectivity index (χ2v) is 19.0. The van der Waals surface area contributed by atoms with Gasteiger partial charge in [0.15, 0.2) is 0 Å². The first-order valence-electron chi connectivity index (χ1n) is 19.2. The minimum Gasteiger partial charge on any atom is -0.363 e. The standard InChI is InChI=1S/C42H57N7O6S/c1-23(25-12-14-26(15-13-25)33-24(2)44-22-56-33)45-37(52)31-18-28(21-49(31)39(54)34(41(6,7)8)48-42(9,10)11)55-32-19-30(36(51)47-38(32)53)46-35(50)29-17-16-27(20-43-29)40(3,4)5/h12-17,20,22-23,28,30-32,34,48H,18-19,21H2,1-11H3,(H,45,52)(H,46,50)(H,47,51,53)/t23-,28+,30?,31-,32?,34+/m0/s1. The highest BCUT2D eigenvalue weighted by molar-refractivity contribution is 7.13. The van der Waals surface area contributed by atoms with Crippen molar-refractivity contribution in [3.8, 4) is 10.4 Å². The molecule has 5 amide bonds. The Morgan fingerprint density at radius 1 is 0.929 bits per heavy atom. The van der Waals surface area contributed by atoms with Crippen LogP contribution < -0.4 is 21.3 Å². The number of hydrogen-bond acceptors (Lipinski definition) is 10. The van der Waals surface area contributed by atoms with E-state index in [1.807, 2.05) is 112 Å². The van der Waals surface area contributed by atoms with Gasteiger partial charge in [0.1, 0.15) is 23.9 Å². The Kier molecular flexibility index (Phi) is 12.6. The summed E-state index contributed by atoms with van der Waals surface area (Å²) in [4.78, 5) is 79.1. The van der Waals surface area contributed by atoms with E-state index in [1.165, 1.54) is 0 Å². The fourth-order valence-electron chi connectivity index (χ4n) is 6.93. The van der Waals surface area contributed by atoms with Crippen LogP contribution >= 0.6 is 11.3 Å². The van der Waals surface area contributed by atoms with Crippen molar-refractivity contribution in [3.63, 3.8) is 0 Å². The quantitative estimate of drug-likeness (QED) is 0.207. The third kappa shape index (κ3) is 10.3. The Hall–Kier alpha value is -4.53. The summed E-state index contributed by atoms with van der Waals surface area (Å²) in [6.45, 7) is 21.9. The van der Waals surface area contributed by atoms with Gasteiger partial charge < -0.3 is 25.6 Å². The van der Waals surface area contributed by atoms with E-state index in [0.717, 1.165) is 27.3 Å². The Bertz CT molecular complexity index is 1920. The van der Waals surface area contributed by atoms with Gasteiger partial charge in [-0.1, -0.05) is 71.9 Å². The van der Waals surface area contributed by atoms with Crippen LogP contribution in [0.25, 0.3) is 10.4 Å². The average molecular weight is 788 g/mol. The first kappa shape index (κ1) is 42.6. The number of carbonyl (C=O) groups excluding carboxylic acids is 5. The van der Waals surface area contributed by atoms with Crippen molar-refractivity contribution in [2.24, 2.45) is 5.41 Å². The van der Waals surface area contributed by atoms with Crippen LogP contribution in [0.1, 0.15) is 115 Å². The molecule has 0 bridgehead atoms. The molecule has 2 fully saturated rings. The summed E-state index contributed by atoms with van der Waals surface area (Å²) >= 11 is 1.57. The maximum absolute atomic E-state index is 14.5. The molecular formula is C42H57N7O6S. The van der Waals surface area contributed by atoms with E-state index in [-0.39, 0.29) is 48.4 Å². The number of nitrogens with zero attached hydrogens (tertiary/aromatic N) is 3. The number of amides is 5. The summed E-state index contributed by atoms with van der Waals surface area (Å²) in [5, 5.41) is 11.6. The van der Waals surface area contributed by atoms with Crippen molar-refractivity contribution in [1.82, 2.24) is 36.1 Å². The lowest BCUT2D eigenvalue weighted by Gasteiger charge is -2.39. The van der Waals surface area contributed by atoms with E-state index < -0.39 is 59.0 Å². The molecule has 0 aliphatic carbocycles. The van der Waals surface area contributed by atoms with E-state index in [9.17, 15) is 24.0 Å². The van der Waals surface area contributed by atoms with Crippen molar-refractivity contribution < 1.29 is 28.7 Å². The van der Waals surface area contributed by atoms with E-state index in [0.29, 0.717) is 0 Å². The number of carbonyl (C=O) groups is 5. The second-order valence-electron chi connectivity index (χ2n) is 18.1. The Labute approximate surface area is 334 Å². The van der Waals surface area contributed by atoms with Crippen molar-refractivity contribution in [2.45, 2.75) is 136 Å². The van der Waals surface area contributed by atoms with E-state index in [2.05, 4.69) is 31.2 Å². The molecule has 13 nitrogen and oxygen atoms in total. The molecule has 2 saturated heterocycles. The number of rotatable bonds is 10. The van der Waals surface area contributed by atoms with Gasteiger partial charge in [-0.25, -0.2) is 4.98 Å². The highest BCUT2D eigenvalue weighted by Crippen LogP contribution is 2.31. The van der Waals surface area contributed by atoms with Gasteiger partial charge in [0.05, 0.1) is 34.3 Å². The first-order chi connectivity index (χ1) is 26.0. The van der Waals surface area contributed by atoms with Crippen LogP contribution in [0.4, 0.5) is 0 Å². The van der Waals surface area contributed by atoms with Gasteiger partial charge in [-0.2, -0.15) is 0 Å². The lowest BCUT2D eigenvalue weighted by atomic mass is 9.84. The summed E-state index contributed by atoms with van der Waals surface area (Å²) in [5.41, 5.74) is 4.73. The fraction of sp³-hybridized carbons (Fsp3) is 0.548. The van der Waals surface area contributed by atoms with Crippen LogP contribution in [0.5, 0.6) is 0 Å². The summed E-state index contributed by atoms with van der Waals surface area (Å²) < 4.78 is 6.33. The molecule has 302 valence electrons. The predicted molar refractivity (Wildman–Crippen MR) is 216 cm³/mol. The zero-order chi connectivity index (χ0) is 41.3. The van der Waals surface area contributed by atoms with Gasteiger partial charge in [0.2, 0.25) is 17.7 Å². The smallest absolute Gasteiger partial charge is 0.270 e. The predicted octanol–water partition coefficient (Wildman–Crippen LogP) is 4.99. The molecule has 2 aromatic heterocycles. The molecule has 2 unspecified atom stereocenters. The highest BCUT2D eigenvalue weighted by atomic mass is 32.1. The molecule has 0 spiro atoms. The zero-order valence-electron chi connectivity index (χ0n) is 34.4. The third-order valence-corrected chi connectivity index (χ3v) is 11.1. The fourth-order valence-corrected chi connectivity index (χ4v) is 7.74. The van der Waals surface area contributed by atoms with Crippen LogP contribution in [-0.4, -0.2) is 86.8 Å². The largest absolute Gasteiger partial charge is 0.363 e. The van der Waals surface area contributed by atoms with Gasteiger partial charge in [0, 0.05) is 31.1 Å². The Morgan fingerprint density at radius 2 is 1.61 bits per heavy atom. The van der Waals surface area contributed by atoms with Crippen molar-refractivity contribution >= 4 is 40.9 Å². The summed E-state index contributed by atoms with van der Waals surface area (Å²) in [7, 11) is 0. The van der Waals surface area contributed by atoms with Crippen LogP contribution in [0.3, 0.4) is 0 Å². The Balaban J connectivity index is 1.33. The summed E-state index contributed by atoms with van der Waals surface area (Å²) in [6.07, 6.45) is -0.202. The molecule has 2 aliphatic heterocycles. The van der Waals surface area contributed by atoms with Crippen molar-refractivity contribution in [2.75, 3.05) is 6.54 Å². The lowest BCUT2D eigenvalue weighted by Crippen LogP contribution is -2.60. The van der Waals surface area contributed by atoms with Gasteiger partial charge in [-0.3, -0.25) is 34.3 Å². The number of likely N-dealkylation sites (tertiary alicyclic amines) is 1. The number of imide groups is 1. The van der Waals surface area contributed by atoms with Gasteiger partial charge in [-0.05, 0) is 68.2 Å². The number of piperidine rings is 1. The first-order valence-corrected chi connectivity index (χ1v) is 20.1. The minimum atomic E-state index is -1.12. The van der Waals surface area contributed by atoms with Crippen LogP contribution in [0.2, 0.25) is 0 Å². The highest BCUT2D eigenvalue weighted by Gasteiger charge is 2.47. The number of aryl methyl sites for hydroxylation is 1. The van der Waals surface area contributed by atoms with Crippen LogP contribution in [0.15, 0.2) is 48.1 Å². The molecule has 4 heterocycles. The third-order valence-electron chi connectivity index (χ3n) is 10.1. The zero-order valence-corrected chi connectivity index (χ0v) is 35.2. The molecule has 1 aromatic carbocycles. The number of ether oxygens (including phenoxy) is 1. The molecule has 6 atom stereocenters. The van der Waals surface area contributed by atoms with Crippen LogP contribution in [-0.2, 0) is 29.3 Å². The van der Waals surface area contributed by atoms with Gasteiger partial charge in [-0.15, -0.1) is 11.3 Å². The number of pyridine rings is 1. The molecular weight excluding hydrogens is 731 g/mol. The van der Waals surface area contributed by atoms with Gasteiger partial charge >= 0.3 is 0 Å². The molecule has 4 N–H and O–H groups in total. The molecule has 5 rings (SSSR count). The van der Waals surface area contributed by atoms with Crippen molar-refractivity contribution in [3.05, 3.63) is 70.6 Å². The maximum atomic E-state index is 14.5. The maximum Gasteiger partial charge on any atom is 0.270 e. The number of hydrogen-bond donors (Lipinski definition) is 4. The number of thiazole rings is 1. The van der Waals surface area contributed by atoms with E-state index >= 15 is 0 Å². The molecule has 3 aromatic rings. The topological polar surface area (TPSA) is 172 Å². The van der Waals surface area contributed by atoms with Crippen LogP contribution in [0, 0.1) is 12.3 Å². The normalized spacial score (nSPS) is 21.7. The van der Waals surface area contributed by atoms with E-state index in [4.69, 9.17) is 4.74 Å². The number of aromatic nitrogens is 2. The molecule has 0 saturated carbocycles. The number of benzene rings is 1. The molecule has 14 heteroatoms. The lowest BCUT2D eigenvalue weighted by molar-refractivity contribution is -0.148. The molecule has 0 radical (unpaired) electrons. The van der Waals surface area contributed by atoms with Gasteiger partial charge in [0.25, 0.3) is 11.8 Å². The van der Waals surface area contributed by atoms with E-state index in [1.54, 1.807) is 28.5 Å². The monoisotopic (exact) mass is 787 g/mol. The van der Waals surface area contributed by atoms with Crippen molar-refractivity contribution in [1.29, 1.82) is 0 Å². The number of nitrogens with one attached hydrogen (secondary N) is 4.